The summed E-state index contributed by atoms with van der Waals surface area (Å²) in [5.74, 6) is -0.486. The first-order valence-corrected chi connectivity index (χ1v) is 2.84. The monoisotopic (exact) mass is 134 g/mol. The lowest BCUT2D eigenvalue weighted by Crippen LogP contribution is -1.97. The van der Waals surface area contributed by atoms with Crippen LogP contribution in [0.5, 0.6) is 0 Å². The number of ketones is 1. The Kier molecular flexibility index (Phi) is 2.18. The van der Waals surface area contributed by atoms with Crippen molar-refractivity contribution >= 4 is 5.78 Å². The zero-order valence-electron chi connectivity index (χ0n) is 5.24. The van der Waals surface area contributed by atoms with Gasteiger partial charge in [-0.1, -0.05) is 30.3 Å². The molecule has 0 aliphatic rings. The van der Waals surface area contributed by atoms with Crippen molar-refractivity contribution in [3.8, 4) is 0 Å². The van der Waals surface area contributed by atoms with Gasteiger partial charge in [0, 0.05) is 5.56 Å². The minimum absolute atomic E-state index is 0.449. The molecule has 2 radical (unpaired) electrons. The van der Waals surface area contributed by atoms with Crippen LogP contribution in [0.3, 0.4) is 0 Å². The topological polar surface area (TPSA) is 37.3 Å². The zero-order valence-corrected chi connectivity index (χ0v) is 5.24. The van der Waals surface area contributed by atoms with E-state index in [0.29, 0.717) is 5.56 Å². The molecule has 1 rings (SSSR count). The van der Waals surface area contributed by atoms with Crippen LogP contribution in [0.15, 0.2) is 30.3 Å². The predicted octanol–water partition coefficient (Wildman–Crippen LogP) is 1.28. The standard InChI is InChI=1S/C8H6O2/c9-6-8(10)7-4-2-1-3-5-7/h1-5,9H. The summed E-state index contributed by atoms with van der Waals surface area (Å²) < 4.78 is 0. The van der Waals surface area contributed by atoms with Crippen LogP contribution in [0, 0.1) is 6.61 Å². The third kappa shape index (κ3) is 1.42. The van der Waals surface area contributed by atoms with Gasteiger partial charge in [0.05, 0.1) is 0 Å². The Morgan fingerprint density at radius 1 is 1.30 bits per heavy atom. The summed E-state index contributed by atoms with van der Waals surface area (Å²) in [5, 5.41) is 8.19. The molecule has 0 amide bonds. The highest BCUT2D eigenvalue weighted by Gasteiger charge is 2.01. The number of hydrogen-bond acceptors (Lipinski definition) is 2. The van der Waals surface area contributed by atoms with Crippen molar-refractivity contribution in [1.82, 2.24) is 0 Å². The molecule has 0 bridgehead atoms. The van der Waals surface area contributed by atoms with Gasteiger partial charge in [-0.15, -0.1) is 0 Å². The summed E-state index contributed by atoms with van der Waals surface area (Å²) in [5.41, 5.74) is 0.449. The molecule has 0 aliphatic carbocycles. The number of Topliss-reactive ketones (excluding diaryl/α,β-unsaturated/α-hetero) is 1. The number of benzene rings is 1. The highest BCUT2D eigenvalue weighted by molar-refractivity contribution is 6.00. The molecular formula is C8H6O2. The van der Waals surface area contributed by atoms with Gasteiger partial charge in [0.2, 0.25) is 12.4 Å². The molecule has 1 aromatic rings. The van der Waals surface area contributed by atoms with E-state index in [9.17, 15) is 4.79 Å². The molecule has 50 valence electrons. The fourth-order valence-electron chi connectivity index (χ4n) is 0.654. The van der Waals surface area contributed by atoms with Gasteiger partial charge in [-0.25, -0.2) is 0 Å². The van der Waals surface area contributed by atoms with Crippen LogP contribution in [0.4, 0.5) is 0 Å². The van der Waals surface area contributed by atoms with Gasteiger partial charge in [0.25, 0.3) is 0 Å². The van der Waals surface area contributed by atoms with Crippen LogP contribution in [0.25, 0.3) is 0 Å². The molecular weight excluding hydrogens is 128 g/mol. The number of carbonyl (C=O) groups is 1. The number of carbonyl (C=O) groups excluding carboxylic acids is 1. The first-order chi connectivity index (χ1) is 4.84. The third-order valence-electron chi connectivity index (χ3n) is 1.14. The summed E-state index contributed by atoms with van der Waals surface area (Å²) in [7, 11) is 0. The smallest absolute Gasteiger partial charge is 0.207 e. The Labute approximate surface area is 59.1 Å². The number of aliphatic hydroxyl groups is 1. The summed E-state index contributed by atoms with van der Waals surface area (Å²) in [6, 6.07) is 8.49. The lowest BCUT2D eigenvalue weighted by molar-refractivity contribution is 0.0968. The molecule has 0 aromatic heterocycles. The second-order valence-corrected chi connectivity index (χ2v) is 1.81. The quantitative estimate of drug-likeness (QED) is 0.618. The zero-order chi connectivity index (χ0) is 7.40. The first-order valence-electron chi connectivity index (χ1n) is 2.84. The highest BCUT2D eigenvalue weighted by Crippen LogP contribution is 1.99. The van der Waals surface area contributed by atoms with Crippen LogP contribution >= 0.6 is 0 Å². The summed E-state index contributed by atoms with van der Waals surface area (Å²) >= 11 is 0. The van der Waals surface area contributed by atoms with E-state index < -0.39 is 5.78 Å². The normalized spacial score (nSPS) is 9.30. The third-order valence-corrected chi connectivity index (χ3v) is 1.14. The van der Waals surface area contributed by atoms with Crippen LogP contribution in [-0.2, 0) is 0 Å². The SMILES string of the molecule is O=C([C]O)c1ccccc1. The van der Waals surface area contributed by atoms with Crippen molar-refractivity contribution in [1.29, 1.82) is 0 Å². The molecule has 0 saturated carbocycles. The van der Waals surface area contributed by atoms with E-state index in [1.165, 1.54) is 0 Å². The Hall–Kier alpha value is -1.15. The molecule has 1 N–H and O–H groups in total. The molecule has 0 aliphatic heterocycles. The minimum Gasteiger partial charge on any atom is -0.375 e. The van der Waals surface area contributed by atoms with E-state index in [-0.39, 0.29) is 0 Å². The van der Waals surface area contributed by atoms with Gasteiger partial charge in [-0.05, 0) is 0 Å². The van der Waals surface area contributed by atoms with E-state index in [4.69, 9.17) is 5.11 Å². The number of hydrogen-bond donors (Lipinski definition) is 1. The average Bonchev–Trinajstić information content (AvgIpc) is 2.05. The lowest BCUT2D eigenvalue weighted by Gasteiger charge is -1.91. The predicted molar refractivity (Wildman–Crippen MR) is 36.0 cm³/mol. The van der Waals surface area contributed by atoms with Crippen molar-refractivity contribution in [2.24, 2.45) is 0 Å². The molecule has 0 unspecified atom stereocenters. The Balaban J connectivity index is 2.85. The van der Waals surface area contributed by atoms with Crippen LogP contribution in [0.1, 0.15) is 10.4 Å². The van der Waals surface area contributed by atoms with Crippen LogP contribution < -0.4 is 0 Å². The van der Waals surface area contributed by atoms with Crippen molar-refractivity contribution in [2.45, 2.75) is 0 Å². The molecule has 0 spiro atoms. The summed E-state index contributed by atoms with van der Waals surface area (Å²) in [4.78, 5) is 10.7. The van der Waals surface area contributed by atoms with Gasteiger partial charge in [-0.2, -0.15) is 0 Å². The van der Waals surface area contributed by atoms with Crippen LogP contribution in [-0.4, -0.2) is 10.9 Å². The summed E-state index contributed by atoms with van der Waals surface area (Å²) in [6.07, 6.45) is 0. The van der Waals surface area contributed by atoms with E-state index in [0.717, 1.165) is 0 Å². The molecule has 0 atom stereocenters. The Morgan fingerprint density at radius 3 is 2.40 bits per heavy atom. The maximum absolute atomic E-state index is 10.7. The minimum atomic E-state index is -0.486. The van der Waals surface area contributed by atoms with Crippen molar-refractivity contribution in [2.75, 3.05) is 0 Å². The molecule has 0 saturated heterocycles. The van der Waals surface area contributed by atoms with Gasteiger partial charge in [0.1, 0.15) is 0 Å². The molecule has 1 aromatic carbocycles. The number of rotatable bonds is 2. The van der Waals surface area contributed by atoms with Crippen LogP contribution in [0.2, 0.25) is 0 Å². The van der Waals surface area contributed by atoms with Gasteiger partial charge in [0.15, 0.2) is 0 Å². The molecule has 2 heteroatoms. The maximum Gasteiger partial charge on any atom is 0.207 e. The highest BCUT2D eigenvalue weighted by atomic mass is 16.3. The Morgan fingerprint density at radius 2 is 1.90 bits per heavy atom. The lowest BCUT2D eigenvalue weighted by atomic mass is 10.1. The van der Waals surface area contributed by atoms with E-state index >= 15 is 0 Å². The van der Waals surface area contributed by atoms with Gasteiger partial charge in [-0.3, -0.25) is 4.79 Å². The van der Waals surface area contributed by atoms with Gasteiger partial charge >= 0.3 is 0 Å². The Bertz CT molecular complexity index is 216. The fourth-order valence-corrected chi connectivity index (χ4v) is 0.654. The second kappa shape index (κ2) is 3.13. The van der Waals surface area contributed by atoms with Crippen molar-refractivity contribution in [3.05, 3.63) is 42.5 Å². The number of aliphatic hydroxyl groups excluding tert-OH is 1. The first kappa shape index (κ1) is 6.96. The molecule has 2 nitrogen and oxygen atoms in total. The molecule has 0 heterocycles. The molecule has 0 fully saturated rings. The summed E-state index contributed by atoms with van der Waals surface area (Å²) in [6.45, 7) is 1.54. The fraction of sp³-hybridized carbons (Fsp3) is 0. The van der Waals surface area contributed by atoms with E-state index in [2.05, 4.69) is 0 Å². The van der Waals surface area contributed by atoms with Crippen molar-refractivity contribution in [3.63, 3.8) is 0 Å². The maximum atomic E-state index is 10.7. The molecule has 10 heavy (non-hydrogen) atoms. The average molecular weight is 134 g/mol. The van der Waals surface area contributed by atoms with Gasteiger partial charge < -0.3 is 5.11 Å². The largest absolute Gasteiger partial charge is 0.375 e. The van der Waals surface area contributed by atoms with Crippen molar-refractivity contribution < 1.29 is 9.90 Å². The van der Waals surface area contributed by atoms with E-state index in [1.807, 2.05) is 0 Å². The van der Waals surface area contributed by atoms with E-state index in [1.54, 1.807) is 36.9 Å². The second-order valence-electron chi connectivity index (χ2n) is 1.81.